The Hall–Kier alpha value is -2.07. The van der Waals surface area contributed by atoms with E-state index in [2.05, 4.69) is 0 Å². The van der Waals surface area contributed by atoms with Gasteiger partial charge >= 0.3 is 5.97 Å². The van der Waals surface area contributed by atoms with Crippen molar-refractivity contribution in [3.05, 3.63) is 63.9 Å². The molecule has 1 N–H and O–H groups in total. The number of hydrogen-bond donors (Lipinski definition) is 1. The first-order chi connectivity index (χ1) is 10.6. The molecule has 1 aliphatic heterocycles. The highest BCUT2D eigenvalue weighted by Crippen LogP contribution is 2.37. The first-order valence-electron chi connectivity index (χ1n) is 7.11. The monoisotopic (exact) mass is 319 g/mol. The molecule has 0 aliphatic carbocycles. The maximum absolute atomic E-state index is 13.9. The number of nitrogens with zero attached hydrogens (tertiary/aromatic N) is 1. The lowest BCUT2D eigenvalue weighted by Gasteiger charge is -2.33. The van der Waals surface area contributed by atoms with E-state index in [1.165, 1.54) is 6.07 Å². The van der Waals surface area contributed by atoms with Crippen molar-refractivity contribution in [2.45, 2.75) is 19.4 Å². The number of hydrogen-bond acceptors (Lipinski definition) is 2. The molecule has 2 aromatic carbocycles. The third kappa shape index (κ3) is 2.66. The number of carboxylic acid groups (broad SMARTS) is 1. The Morgan fingerprint density at radius 1 is 1.32 bits per heavy atom. The summed E-state index contributed by atoms with van der Waals surface area (Å²) in [5.74, 6) is -1.86. The van der Waals surface area contributed by atoms with E-state index in [1.54, 1.807) is 0 Å². The Morgan fingerprint density at radius 3 is 2.73 bits per heavy atom. The van der Waals surface area contributed by atoms with E-state index in [1.807, 2.05) is 35.2 Å². The Morgan fingerprint density at radius 2 is 2.05 bits per heavy atom. The third-order valence-corrected chi connectivity index (χ3v) is 4.26. The number of benzene rings is 2. The lowest BCUT2D eigenvalue weighted by Crippen LogP contribution is -2.31. The van der Waals surface area contributed by atoms with Crippen molar-refractivity contribution in [2.24, 2.45) is 0 Å². The van der Waals surface area contributed by atoms with E-state index in [0.717, 1.165) is 18.5 Å². The van der Waals surface area contributed by atoms with E-state index in [9.17, 15) is 14.3 Å². The molecule has 0 saturated carbocycles. The second-order valence-electron chi connectivity index (χ2n) is 5.37. The van der Waals surface area contributed by atoms with Crippen molar-refractivity contribution in [1.29, 1.82) is 0 Å². The van der Waals surface area contributed by atoms with Crippen molar-refractivity contribution in [3.8, 4) is 0 Å². The van der Waals surface area contributed by atoms with Gasteiger partial charge in [-0.3, -0.25) is 0 Å². The molecule has 2 aromatic rings. The van der Waals surface area contributed by atoms with Gasteiger partial charge in [-0.2, -0.15) is 0 Å². The number of aryl methyl sites for hydroxylation is 1. The van der Waals surface area contributed by atoms with Gasteiger partial charge in [-0.15, -0.1) is 0 Å². The Kier molecular flexibility index (Phi) is 4.03. The van der Waals surface area contributed by atoms with Crippen LogP contribution in [0, 0.1) is 5.82 Å². The Labute approximate surface area is 132 Å². The average molecular weight is 320 g/mol. The highest BCUT2D eigenvalue weighted by molar-refractivity contribution is 6.34. The quantitative estimate of drug-likeness (QED) is 0.924. The molecule has 0 aromatic heterocycles. The summed E-state index contributed by atoms with van der Waals surface area (Å²) in [5.41, 5.74) is 2.20. The zero-order valence-electron chi connectivity index (χ0n) is 11.9. The van der Waals surface area contributed by atoms with Crippen LogP contribution in [0.5, 0.6) is 0 Å². The molecule has 114 valence electrons. The molecule has 0 fully saturated rings. The van der Waals surface area contributed by atoms with Gasteiger partial charge in [-0.05, 0) is 30.0 Å². The van der Waals surface area contributed by atoms with Gasteiger partial charge in [-0.1, -0.05) is 41.9 Å². The lowest BCUT2D eigenvalue weighted by atomic mass is 9.96. The molecule has 0 bridgehead atoms. The molecule has 0 saturated heterocycles. The second kappa shape index (κ2) is 5.97. The second-order valence-corrected chi connectivity index (χ2v) is 5.75. The summed E-state index contributed by atoms with van der Waals surface area (Å²) < 4.78 is 13.9. The predicted molar refractivity (Wildman–Crippen MR) is 84.2 cm³/mol. The fraction of sp³-hybridized carbons (Fsp3) is 0.235. The standard InChI is InChI=1S/C17H15ClFNO2/c18-15-13(19)9-12-7-4-8-20(16(12)14(15)17(21)22)10-11-5-2-1-3-6-11/h1-3,5-6,9H,4,7-8,10H2,(H,21,22). The Bertz CT molecular complexity index is 718. The smallest absolute Gasteiger partial charge is 0.339 e. The number of aromatic carboxylic acids is 1. The highest BCUT2D eigenvalue weighted by Gasteiger charge is 2.28. The number of fused-ring (bicyclic) bond motifs is 1. The molecule has 0 atom stereocenters. The van der Waals surface area contributed by atoms with Gasteiger partial charge in [0, 0.05) is 13.1 Å². The number of rotatable bonds is 3. The molecule has 1 heterocycles. The maximum Gasteiger partial charge on any atom is 0.339 e. The normalized spacial score (nSPS) is 13.8. The van der Waals surface area contributed by atoms with Gasteiger partial charge in [0.25, 0.3) is 0 Å². The van der Waals surface area contributed by atoms with E-state index >= 15 is 0 Å². The first-order valence-corrected chi connectivity index (χ1v) is 7.48. The minimum Gasteiger partial charge on any atom is -0.478 e. The zero-order valence-corrected chi connectivity index (χ0v) is 12.6. The predicted octanol–water partition coefficient (Wildman–Crippen LogP) is 4.13. The number of carbonyl (C=O) groups is 1. The topological polar surface area (TPSA) is 40.5 Å². The lowest BCUT2D eigenvalue weighted by molar-refractivity contribution is 0.0697. The largest absolute Gasteiger partial charge is 0.478 e. The van der Waals surface area contributed by atoms with Crippen LogP contribution in [0.3, 0.4) is 0 Å². The summed E-state index contributed by atoms with van der Waals surface area (Å²) in [5, 5.41) is 9.14. The van der Waals surface area contributed by atoms with E-state index in [0.29, 0.717) is 24.2 Å². The average Bonchev–Trinajstić information content (AvgIpc) is 2.50. The fourth-order valence-corrected chi connectivity index (χ4v) is 3.17. The SMILES string of the molecule is O=C(O)c1c(Cl)c(F)cc2c1N(Cc1ccccc1)CCC2. The van der Waals surface area contributed by atoms with Gasteiger partial charge < -0.3 is 10.0 Å². The van der Waals surface area contributed by atoms with Crippen LogP contribution in [0.15, 0.2) is 36.4 Å². The van der Waals surface area contributed by atoms with Crippen molar-refractivity contribution < 1.29 is 14.3 Å². The van der Waals surface area contributed by atoms with E-state index in [-0.39, 0.29) is 10.6 Å². The molecule has 0 spiro atoms. The Balaban J connectivity index is 2.08. The van der Waals surface area contributed by atoms with Crippen LogP contribution in [0.2, 0.25) is 5.02 Å². The molecule has 1 aliphatic rings. The van der Waals surface area contributed by atoms with Crippen LogP contribution in [0.1, 0.15) is 27.9 Å². The summed E-state index contributed by atoms with van der Waals surface area (Å²) in [6.45, 7) is 1.31. The molecule has 3 rings (SSSR count). The van der Waals surface area contributed by atoms with Gasteiger partial charge in [-0.25, -0.2) is 9.18 Å². The molecule has 3 nitrogen and oxygen atoms in total. The van der Waals surface area contributed by atoms with Gasteiger partial charge in [0.05, 0.1) is 10.7 Å². The maximum atomic E-state index is 13.9. The zero-order chi connectivity index (χ0) is 15.7. The number of halogens is 2. The minimum atomic E-state index is -1.19. The molecule has 0 amide bonds. The number of carboxylic acids is 1. The van der Waals surface area contributed by atoms with Crippen LogP contribution in [-0.4, -0.2) is 17.6 Å². The first kappa shape index (κ1) is 14.9. The van der Waals surface area contributed by atoms with Crippen LogP contribution < -0.4 is 4.90 Å². The summed E-state index contributed by atoms with van der Waals surface area (Å²) >= 11 is 5.91. The molecular formula is C17H15ClFNO2. The van der Waals surface area contributed by atoms with Crippen LogP contribution in [0.25, 0.3) is 0 Å². The molecule has 22 heavy (non-hydrogen) atoms. The molecule has 5 heteroatoms. The van der Waals surface area contributed by atoms with Crippen LogP contribution in [0.4, 0.5) is 10.1 Å². The summed E-state index contributed by atoms with van der Waals surface area (Å²) in [4.78, 5) is 13.5. The third-order valence-electron chi connectivity index (χ3n) is 3.89. The van der Waals surface area contributed by atoms with Crippen LogP contribution >= 0.6 is 11.6 Å². The van der Waals surface area contributed by atoms with Gasteiger partial charge in [0.1, 0.15) is 11.4 Å². The molecular weight excluding hydrogens is 305 g/mol. The molecule has 0 unspecified atom stereocenters. The van der Waals surface area contributed by atoms with Crippen molar-refractivity contribution >= 4 is 23.3 Å². The van der Waals surface area contributed by atoms with Gasteiger partial charge in [0.15, 0.2) is 0 Å². The van der Waals surface area contributed by atoms with Crippen molar-refractivity contribution in [3.63, 3.8) is 0 Å². The van der Waals surface area contributed by atoms with E-state index in [4.69, 9.17) is 11.6 Å². The summed E-state index contributed by atoms with van der Waals surface area (Å²) in [6, 6.07) is 11.1. The highest BCUT2D eigenvalue weighted by atomic mass is 35.5. The minimum absolute atomic E-state index is 0.132. The van der Waals surface area contributed by atoms with Crippen molar-refractivity contribution in [2.75, 3.05) is 11.4 Å². The molecule has 0 radical (unpaired) electrons. The fourth-order valence-electron chi connectivity index (χ4n) is 2.95. The van der Waals surface area contributed by atoms with Gasteiger partial charge in [0.2, 0.25) is 0 Å². The van der Waals surface area contributed by atoms with Crippen molar-refractivity contribution in [1.82, 2.24) is 0 Å². The summed E-state index contributed by atoms with van der Waals surface area (Å²) in [6.07, 6.45) is 1.52. The number of anilines is 1. The van der Waals surface area contributed by atoms with E-state index < -0.39 is 11.8 Å². The summed E-state index contributed by atoms with van der Waals surface area (Å²) in [7, 11) is 0. The van der Waals surface area contributed by atoms with Crippen LogP contribution in [-0.2, 0) is 13.0 Å².